The van der Waals surface area contributed by atoms with Gasteiger partial charge in [0.15, 0.2) is 0 Å². The number of ether oxygens (including phenoxy) is 1. The Kier molecular flexibility index (Phi) is 5.91. The van der Waals surface area contributed by atoms with Gasteiger partial charge in [-0.3, -0.25) is 0 Å². The van der Waals surface area contributed by atoms with E-state index in [0.29, 0.717) is 0 Å². The van der Waals surface area contributed by atoms with Crippen LogP contribution in [-0.2, 0) is 10.8 Å². The van der Waals surface area contributed by atoms with Crippen LogP contribution in [0.25, 0.3) is 43.8 Å². The molecule has 0 saturated heterocycles. The van der Waals surface area contributed by atoms with E-state index in [9.17, 15) is 0 Å². The van der Waals surface area contributed by atoms with Crippen LogP contribution in [0.5, 0.6) is 11.5 Å². The number of fused-ring (bicyclic) bond motifs is 8. The molecule has 0 bridgehead atoms. The lowest BCUT2D eigenvalue weighted by molar-refractivity contribution is 0.481. The second kappa shape index (κ2) is 10.3. The predicted octanol–water partition coefficient (Wildman–Crippen LogP) is 12.5. The predicted molar refractivity (Wildman–Crippen MR) is 203 cm³/mol. The first-order chi connectivity index (χ1) is 24.0. The lowest BCUT2D eigenvalue weighted by Crippen LogP contribution is -2.22. The average Bonchev–Trinajstić information content (AvgIpc) is 3.56. The molecule has 2 aliphatic carbocycles. The second-order valence-electron chi connectivity index (χ2n) is 14.0. The molecular formula is C48H34O. The standard InChI is InChI=1S/C48H34O/c1-47(43-17-9-7-15-39(43)41-27-31-11-3-5-13-33(31)29-45(41)47)35-19-23-37(24-20-35)49-38-25-21-36(22-26-38)48(2)44-18-10-8-16-40(44)42-28-32-12-4-6-14-34(32)30-46(42)48/h3-30H,1-2H3. The summed E-state index contributed by atoms with van der Waals surface area (Å²) in [5.41, 5.74) is 12.7. The number of hydrogen-bond acceptors (Lipinski definition) is 1. The van der Waals surface area contributed by atoms with E-state index in [1.807, 2.05) is 0 Å². The first-order valence-corrected chi connectivity index (χ1v) is 17.2. The van der Waals surface area contributed by atoms with Crippen molar-refractivity contribution in [3.63, 3.8) is 0 Å². The lowest BCUT2D eigenvalue weighted by Gasteiger charge is -2.29. The van der Waals surface area contributed by atoms with Gasteiger partial charge in [-0.05, 0) is 140 Å². The summed E-state index contributed by atoms with van der Waals surface area (Å²) in [6.45, 7) is 4.73. The van der Waals surface area contributed by atoms with Crippen LogP contribution in [0.2, 0.25) is 0 Å². The monoisotopic (exact) mass is 626 g/mol. The zero-order chi connectivity index (χ0) is 32.7. The molecular weight excluding hydrogens is 593 g/mol. The second-order valence-corrected chi connectivity index (χ2v) is 14.0. The van der Waals surface area contributed by atoms with Crippen molar-refractivity contribution in [2.24, 2.45) is 0 Å². The smallest absolute Gasteiger partial charge is 0.127 e. The Bertz CT molecular complexity index is 2410. The van der Waals surface area contributed by atoms with Crippen molar-refractivity contribution in [3.05, 3.63) is 203 Å². The third-order valence-electron chi connectivity index (χ3n) is 11.5. The van der Waals surface area contributed by atoms with Crippen LogP contribution >= 0.6 is 0 Å². The lowest BCUT2D eigenvalue weighted by atomic mass is 9.74. The minimum atomic E-state index is -0.259. The molecule has 8 aromatic carbocycles. The zero-order valence-corrected chi connectivity index (χ0v) is 27.6. The molecule has 0 heterocycles. The molecule has 2 unspecified atom stereocenters. The molecule has 49 heavy (non-hydrogen) atoms. The first-order valence-electron chi connectivity index (χ1n) is 17.2. The van der Waals surface area contributed by atoms with Gasteiger partial charge < -0.3 is 4.74 Å². The van der Waals surface area contributed by atoms with Gasteiger partial charge in [0.2, 0.25) is 0 Å². The maximum absolute atomic E-state index is 6.47. The Morgan fingerprint density at radius 2 is 0.673 bits per heavy atom. The van der Waals surface area contributed by atoms with Gasteiger partial charge in [0, 0.05) is 10.8 Å². The van der Waals surface area contributed by atoms with Gasteiger partial charge in [0.05, 0.1) is 0 Å². The van der Waals surface area contributed by atoms with Crippen LogP contribution in [-0.4, -0.2) is 0 Å². The van der Waals surface area contributed by atoms with Gasteiger partial charge in [-0.2, -0.15) is 0 Å². The number of hydrogen-bond donors (Lipinski definition) is 0. The number of rotatable bonds is 4. The van der Waals surface area contributed by atoms with E-state index in [0.717, 1.165) is 11.5 Å². The van der Waals surface area contributed by atoms with Crippen LogP contribution in [0.1, 0.15) is 47.2 Å². The third-order valence-corrected chi connectivity index (χ3v) is 11.5. The highest BCUT2D eigenvalue weighted by Crippen LogP contribution is 2.55. The topological polar surface area (TPSA) is 9.23 Å². The summed E-state index contributed by atoms with van der Waals surface area (Å²) >= 11 is 0. The molecule has 0 aromatic heterocycles. The highest BCUT2D eigenvalue weighted by atomic mass is 16.5. The van der Waals surface area contributed by atoms with Crippen LogP contribution in [0, 0.1) is 0 Å². The normalized spacial score (nSPS) is 18.6. The summed E-state index contributed by atoms with van der Waals surface area (Å²) in [7, 11) is 0. The van der Waals surface area contributed by atoms with Crippen LogP contribution < -0.4 is 4.74 Å². The maximum Gasteiger partial charge on any atom is 0.127 e. The Morgan fingerprint density at radius 1 is 0.327 bits per heavy atom. The van der Waals surface area contributed by atoms with Gasteiger partial charge in [-0.1, -0.05) is 121 Å². The average molecular weight is 627 g/mol. The Balaban J connectivity index is 0.980. The van der Waals surface area contributed by atoms with Crippen LogP contribution in [0.15, 0.2) is 170 Å². The fourth-order valence-corrected chi connectivity index (χ4v) is 8.82. The Hall–Kier alpha value is -5.92. The van der Waals surface area contributed by atoms with Gasteiger partial charge in [-0.25, -0.2) is 0 Å². The van der Waals surface area contributed by atoms with Crippen molar-refractivity contribution in [1.82, 2.24) is 0 Å². The fourth-order valence-electron chi connectivity index (χ4n) is 8.82. The molecule has 1 nitrogen and oxygen atoms in total. The van der Waals surface area contributed by atoms with Crippen molar-refractivity contribution < 1.29 is 4.74 Å². The molecule has 0 saturated carbocycles. The van der Waals surface area contributed by atoms with Crippen molar-refractivity contribution in [3.8, 4) is 33.8 Å². The summed E-state index contributed by atoms with van der Waals surface area (Å²) < 4.78 is 6.47. The maximum atomic E-state index is 6.47. The highest BCUT2D eigenvalue weighted by molar-refractivity contribution is 5.95. The van der Waals surface area contributed by atoms with Crippen molar-refractivity contribution in [2.45, 2.75) is 24.7 Å². The molecule has 8 aromatic rings. The van der Waals surface area contributed by atoms with Crippen LogP contribution in [0.4, 0.5) is 0 Å². The largest absolute Gasteiger partial charge is 0.457 e. The van der Waals surface area contributed by atoms with E-state index in [1.165, 1.54) is 77.2 Å². The van der Waals surface area contributed by atoms with E-state index >= 15 is 0 Å². The van der Waals surface area contributed by atoms with E-state index in [1.54, 1.807) is 0 Å². The quantitative estimate of drug-likeness (QED) is 0.189. The first kappa shape index (κ1) is 28.1. The molecule has 0 aliphatic heterocycles. The zero-order valence-electron chi connectivity index (χ0n) is 27.6. The fraction of sp³-hybridized carbons (Fsp3) is 0.0833. The molecule has 0 N–H and O–H groups in total. The molecule has 2 atom stereocenters. The summed E-state index contributed by atoms with van der Waals surface area (Å²) in [4.78, 5) is 0. The Labute approximate surface area is 287 Å². The molecule has 0 fully saturated rings. The molecule has 0 amide bonds. The molecule has 1 heteroatoms. The molecule has 2 aliphatic rings. The summed E-state index contributed by atoms with van der Waals surface area (Å²) in [6.07, 6.45) is 0. The Morgan fingerprint density at radius 3 is 1.08 bits per heavy atom. The third kappa shape index (κ3) is 3.99. The SMILES string of the molecule is CC1(c2ccc(Oc3ccc(C4(C)c5ccccc5-c5cc6ccccc6cc54)cc3)cc2)c2ccccc2-c2cc3ccccc3cc21. The van der Waals surface area contributed by atoms with E-state index in [4.69, 9.17) is 4.74 Å². The van der Waals surface area contributed by atoms with Crippen molar-refractivity contribution in [1.29, 1.82) is 0 Å². The minimum absolute atomic E-state index is 0.259. The minimum Gasteiger partial charge on any atom is -0.457 e. The summed E-state index contributed by atoms with van der Waals surface area (Å²) in [5.74, 6) is 1.67. The van der Waals surface area contributed by atoms with E-state index in [2.05, 4.69) is 184 Å². The van der Waals surface area contributed by atoms with Gasteiger partial charge in [0.25, 0.3) is 0 Å². The van der Waals surface area contributed by atoms with Gasteiger partial charge in [-0.15, -0.1) is 0 Å². The van der Waals surface area contributed by atoms with Gasteiger partial charge in [0.1, 0.15) is 11.5 Å². The van der Waals surface area contributed by atoms with Crippen molar-refractivity contribution >= 4 is 21.5 Å². The van der Waals surface area contributed by atoms with Crippen LogP contribution in [0.3, 0.4) is 0 Å². The summed E-state index contributed by atoms with van der Waals surface area (Å²) in [6, 6.07) is 62.0. The molecule has 10 rings (SSSR count). The van der Waals surface area contributed by atoms with Crippen molar-refractivity contribution in [2.75, 3.05) is 0 Å². The van der Waals surface area contributed by atoms with E-state index in [-0.39, 0.29) is 10.8 Å². The molecule has 0 spiro atoms. The summed E-state index contributed by atoms with van der Waals surface area (Å²) in [5, 5.41) is 5.10. The van der Waals surface area contributed by atoms with E-state index < -0.39 is 0 Å². The van der Waals surface area contributed by atoms with Gasteiger partial charge >= 0.3 is 0 Å². The molecule has 232 valence electrons. The molecule has 0 radical (unpaired) electrons. The number of benzene rings is 8. The highest BCUT2D eigenvalue weighted by Gasteiger charge is 2.42.